The Morgan fingerprint density at radius 2 is 1.73 bits per heavy atom. The Balaban J connectivity index is 2.23. The standard InChI is InChI=1S/C17H16ClNO3/c1-22-16(20)11-15(13-9-5-6-10-14(13)18)19-17(21)12-7-3-2-4-8-12/h2-10,15H,11H2,1H3,(H,19,21). The second-order valence-corrected chi connectivity index (χ2v) is 5.10. The van der Waals surface area contributed by atoms with Crippen molar-refractivity contribution in [1.29, 1.82) is 0 Å². The van der Waals surface area contributed by atoms with Gasteiger partial charge in [0, 0.05) is 10.6 Å². The van der Waals surface area contributed by atoms with Gasteiger partial charge in [-0.25, -0.2) is 0 Å². The molecule has 2 aromatic carbocycles. The van der Waals surface area contributed by atoms with Crippen molar-refractivity contribution in [1.82, 2.24) is 5.32 Å². The van der Waals surface area contributed by atoms with Crippen LogP contribution in [0, 0.1) is 0 Å². The zero-order valence-corrected chi connectivity index (χ0v) is 12.8. The quantitative estimate of drug-likeness (QED) is 0.860. The number of benzene rings is 2. The minimum Gasteiger partial charge on any atom is -0.469 e. The summed E-state index contributed by atoms with van der Waals surface area (Å²) in [6.07, 6.45) is 0.0127. The molecule has 22 heavy (non-hydrogen) atoms. The molecule has 0 aromatic heterocycles. The molecule has 0 heterocycles. The fourth-order valence-corrected chi connectivity index (χ4v) is 2.34. The smallest absolute Gasteiger partial charge is 0.307 e. The Morgan fingerprint density at radius 3 is 2.36 bits per heavy atom. The number of carbonyl (C=O) groups is 2. The van der Waals surface area contributed by atoms with Crippen LogP contribution in [0.3, 0.4) is 0 Å². The van der Waals surface area contributed by atoms with Crippen molar-refractivity contribution in [3.63, 3.8) is 0 Å². The highest BCUT2D eigenvalue weighted by molar-refractivity contribution is 6.31. The van der Waals surface area contributed by atoms with Gasteiger partial charge in [-0.2, -0.15) is 0 Å². The average molecular weight is 318 g/mol. The van der Waals surface area contributed by atoms with Gasteiger partial charge in [-0.3, -0.25) is 9.59 Å². The third-order valence-corrected chi connectivity index (χ3v) is 3.56. The lowest BCUT2D eigenvalue weighted by atomic mass is 10.0. The van der Waals surface area contributed by atoms with Crippen LogP contribution in [0.15, 0.2) is 54.6 Å². The molecule has 0 aliphatic rings. The Hall–Kier alpha value is -2.33. The predicted molar refractivity (Wildman–Crippen MR) is 84.7 cm³/mol. The number of methoxy groups -OCH3 is 1. The van der Waals surface area contributed by atoms with E-state index in [1.165, 1.54) is 7.11 Å². The first-order valence-corrected chi connectivity index (χ1v) is 7.16. The topological polar surface area (TPSA) is 55.4 Å². The van der Waals surface area contributed by atoms with Gasteiger partial charge in [0.15, 0.2) is 0 Å². The van der Waals surface area contributed by atoms with Gasteiger partial charge in [0.25, 0.3) is 5.91 Å². The molecule has 0 bridgehead atoms. The van der Waals surface area contributed by atoms with Crippen LogP contribution < -0.4 is 5.32 Å². The molecular weight excluding hydrogens is 302 g/mol. The summed E-state index contributed by atoms with van der Waals surface area (Å²) in [5.74, 6) is -0.687. The van der Waals surface area contributed by atoms with Crippen LogP contribution in [0.25, 0.3) is 0 Å². The summed E-state index contributed by atoms with van der Waals surface area (Å²) >= 11 is 6.17. The van der Waals surface area contributed by atoms with Gasteiger partial charge in [-0.05, 0) is 23.8 Å². The molecule has 0 spiro atoms. The van der Waals surface area contributed by atoms with Crippen LogP contribution in [0.4, 0.5) is 0 Å². The first kappa shape index (κ1) is 16.0. The number of carbonyl (C=O) groups excluding carboxylic acids is 2. The van der Waals surface area contributed by atoms with Crippen molar-refractivity contribution in [2.45, 2.75) is 12.5 Å². The molecular formula is C17H16ClNO3. The van der Waals surface area contributed by atoms with Crippen LogP contribution in [0.5, 0.6) is 0 Å². The average Bonchev–Trinajstić information content (AvgIpc) is 2.55. The van der Waals surface area contributed by atoms with Crippen molar-refractivity contribution in [3.05, 3.63) is 70.7 Å². The van der Waals surface area contributed by atoms with E-state index in [-0.39, 0.29) is 12.3 Å². The Bertz CT molecular complexity index is 658. The van der Waals surface area contributed by atoms with Crippen LogP contribution in [-0.4, -0.2) is 19.0 Å². The number of nitrogens with one attached hydrogen (secondary N) is 1. The molecule has 2 rings (SSSR count). The fourth-order valence-electron chi connectivity index (χ4n) is 2.08. The van der Waals surface area contributed by atoms with Gasteiger partial charge in [-0.1, -0.05) is 48.0 Å². The van der Waals surface area contributed by atoms with Crippen LogP contribution in [-0.2, 0) is 9.53 Å². The SMILES string of the molecule is COC(=O)CC(NC(=O)c1ccccc1)c1ccccc1Cl. The van der Waals surface area contributed by atoms with Crippen LogP contribution in [0.2, 0.25) is 5.02 Å². The van der Waals surface area contributed by atoms with E-state index < -0.39 is 12.0 Å². The molecule has 1 N–H and O–H groups in total. The summed E-state index contributed by atoms with van der Waals surface area (Å²) in [6, 6.07) is 15.3. The Labute approximate surface area is 134 Å². The Kier molecular flexibility index (Phi) is 5.55. The van der Waals surface area contributed by atoms with Crippen molar-refractivity contribution < 1.29 is 14.3 Å². The third-order valence-electron chi connectivity index (χ3n) is 3.22. The number of amides is 1. The van der Waals surface area contributed by atoms with E-state index in [1.54, 1.807) is 48.5 Å². The summed E-state index contributed by atoms with van der Waals surface area (Å²) in [5.41, 5.74) is 1.20. The summed E-state index contributed by atoms with van der Waals surface area (Å²) in [4.78, 5) is 23.9. The predicted octanol–water partition coefficient (Wildman–Crippen LogP) is 3.37. The lowest BCUT2D eigenvalue weighted by molar-refractivity contribution is -0.141. The second-order valence-electron chi connectivity index (χ2n) is 4.69. The molecule has 114 valence electrons. The Morgan fingerprint density at radius 1 is 1.09 bits per heavy atom. The molecule has 0 fully saturated rings. The fraction of sp³-hybridized carbons (Fsp3) is 0.176. The zero-order chi connectivity index (χ0) is 15.9. The molecule has 0 saturated carbocycles. The van der Waals surface area contributed by atoms with E-state index >= 15 is 0 Å². The number of esters is 1. The first-order chi connectivity index (χ1) is 10.6. The van der Waals surface area contributed by atoms with Gasteiger partial charge in [-0.15, -0.1) is 0 Å². The lowest BCUT2D eigenvalue weighted by Gasteiger charge is -2.19. The molecule has 1 unspecified atom stereocenters. The van der Waals surface area contributed by atoms with E-state index in [2.05, 4.69) is 5.32 Å². The number of rotatable bonds is 5. The second kappa shape index (κ2) is 7.61. The van der Waals surface area contributed by atoms with Crippen molar-refractivity contribution in [2.24, 2.45) is 0 Å². The largest absolute Gasteiger partial charge is 0.469 e. The highest BCUT2D eigenvalue weighted by Gasteiger charge is 2.21. The first-order valence-electron chi connectivity index (χ1n) is 6.79. The van der Waals surface area contributed by atoms with Crippen molar-refractivity contribution in [3.8, 4) is 0 Å². The molecule has 5 heteroatoms. The zero-order valence-electron chi connectivity index (χ0n) is 12.1. The van der Waals surface area contributed by atoms with E-state index in [4.69, 9.17) is 16.3 Å². The van der Waals surface area contributed by atoms with Gasteiger partial charge in [0.2, 0.25) is 0 Å². The highest BCUT2D eigenvalue weighted by atomic mass is 35.5. The summed E-state index contributed by atoms with van der Waals surface area (Å²) in [6.45, 7) is 0. The molecule has 4 nitrogen and oxygen atoms in total. The minimum atomic E-state index is -0.547. The van der Waals surface area contributed by atoms with Gasteiger partial charge in [0.1, 0.15) is 0 Å². The van der Waals surface area contributed by atoms with E-state index in [0.717, 1.165) is 0 Å². The van der Waals surface area contributed by atoms with Crippen LogP contribution in [0.1, 0.15) is 28.4 Å². The minimum absolute atomic E-state index is 0.0127. The molecule has 0 radical (unpaired) electrons. The maximum absolute atomic E-state index is 12.3. The van der Waals surface area contributed by atoms with Gasteiger partial charge < -0.3 is 10.1 Å². The number of ether oxygens (including phenoxy) is 1. The van der Waals surface area contributed by atoms with Crippen LogP contribution >= 0.6 is 11.6 Å². The number of halogens is 1. The summed E-state index contributed by atoms with van der Waals surface area (Å²) in [7, 11) is 1.31. The summed E-state index contributed by atoms with van der Waals surface area (Å²) in [5, 5.41) is 3.32. The molecule has 1 amide bonds. The molecule has 1 atom stereocenters. The van der Waals surface area contributed by atoms with Gasteiger partial charge in [0.05, 0.1) is 19.6 Å². The lowest BCUT2D eigenvalue weighted by Crippen LogP contribution is -2.30. The molecule has 0 aliphatic heterocycles. The maximum Gasteiger partial charge on any atom is 0.307 e. The van der Waals surface area contributed by atoms with Crippen molar-refractivity contribution >= 4 is 23.5 Å². The van der Waals surface area contributed by atoms with E-state index in [9.17, 15) is 9.59 Å². The normalized spacial score (nSPS) is 11.5. The highest BCUT2D eigenvalue weighted by Crippen LogP contribution is 2.25. The third kappa shape index (κ3) is 4.09. The van der Waals surface area contributed by atoms with E-state index in [1.807, 2.05) is 6.07 Å². The number of hydrogen-bond donors (Lipinski definition) is 1. The molecule has 2 aromatic rings. The van der Waals surface area contributed by atoms with Crippen molar-refractivity contribution in [2.75, 3.05) is 7.11 Å². The summed E-state index contributed by atoms with van der Waals surface area (Å²) < 4.78 is 4.70. The molecule has 0 aliphatic carbocycles. The molecule has 0 saturated heterocycles. The van der Waals surface area contributed by atoms with E-state index in [0.29, 0.717) is 16.1 Å². The monoisotopic (exact) mass is 317 g/mol. The van der Waals surface area contributed by atoms with Gasteiger partial charge >= 0.3 is 5.97 Å². The maximum atomic E-state index is 12.3. The number of hydrogen-bond acceptors (Lipinski definition) is 3.